The first-order valence-electron chi connectivity index (χ1n) is 13.7. The Morgan fingerprint density at radius 3 is 2.62 bits per heavy atom. The molecule has 1 fully saturated rings. The molecule has 2 aliphatic rings. The lowest BCUT2D eigenvalue weighted by Crippen LogP contribution is -2.36. The fraction of sp³-hybridized carbons (Fsp3) is 0.517. The fourth-order valence-corrected chi connectivity index (χ4v) is 5.96. The molecular formula is C29H38N6O4S. The summed E-state index contributed by atoms with van der Waals surface area (Å²) in [6, 6.07) is 5.45. The Hall–Kier alpha value is -3.31. The number of esters is 1. The lowest BCUT2D eigenvalue weighted by atomic mass is 9.88. The number of anilines is 2. The van der Waals surface area contributed by atoms with Crippen LogP contribution in [0.5, 0.6) is 5.88 Å². The van der Waals surface area contributed by atoms with Crippen molar-refractivity contribution in [2.24, 2.45) is 5.73 Å². The maximum atomic E-state index is 12.5. The van der Waals surface area contributed by atoms with Gasteiger partial charge in [0.05, 0.1) is 28.2 Å². The molecule has 0 saturated heterocycles. The van der Waals surface area contributed by atoms with Gasteiger partial charge in [-0.2, -0.15) is 0 Å². The number of aromatic nitrogens is 3. The van der Waals surface area contributed by atoms with Crippen LogP contribution >= 0.6 is 0 Å². The van der Waals surface area contributed by atoms with Crippen LogP contribution in [0.25, 0.3) is 10.8 Å². The van der Waals surface area contributed by atoms with Gasteiger partial charge in [-0.15, -0.1) is 0 Å². The summed E-state index contributed by atoms with van der Waals surface area (Å²) in [5, 5.41) is 4.55. The third-order valence-electron chi connectivity index (χ3n) is 8.52. The summed E-state index contributed by atoms with van der Waals surface area (Å²) < 4.78 is 31.8. The van der Waals surface area contributed by atoms with Crippen molar-refractivity contribution >= 4 is 38.1 Å². The van der Waals surface area contributed by atoms with Gasteiger partial charge >= 0.3 is 5.97 Å². The number of ether oxygens (including phenoxy) is 2. The first-order chi connectivity index (χ1) is 18.7. The van der Waals surface area contributed by atoms with Crippen LogP contribution in [-0.2, 0) is 25.4 Å². The van der Waals surface area contributed by atoms with E-state index in [0.717, 1.165) is 29.5 Å². The number of hydrogen-bond donors (Lipinski definition) is 3. The molecule has 4 heterocycles. The highest BCUT2D eigenvalue weighted by Crippen LogP contribution is 2.54. The summed E-state index contributed by atoms with van der Waals surface area (Å²) in [6.45, 7) is 9.61. The van der Waals surface area contributed by atoms with Crippen molar-refractivity contribution in [3.8, 4) is 5.88 Å². The van der Waals surface area contributed by atoms with Gasteiger partial charge in [0.15, 0.2) is 0 Å². The summed E-state index contributed by atoms with van der Waals surface area (Å²) in [5.74, 6) is 1.25. The topological polar surface area (TPSA) is 153 Å². The van der Waals surface area contributed by atoms with Crippen molar-refractivity contribution in [2.45, 2.75) is 88.7 Å². The average Bonchev–Trinajstić information content (AvgIpc) is 3.69. The van der Waals surface area contributed by atoms with Crippen LogP contribution in [-0.4, -0.2) is 48.8 Å². The molecule has 0 bridgehead atoms. The van der Waals surface area contributed by atoms with E-state index < -0.39 is 15.3 Å². The summed E-state index contributed by atoms with van der Waals surface area (Å²) in [6.07, 6.45) is 7.43. The molecule has 0 unspecified atom stereocenters. The van der Waals surface area contributed by atoms with Gasteiger partial charge in [-0.3, -0.25) is 4.78 Å². The summed E-state index contributed by atoms with van der Waals surface area (Å²) in [4.78, 5) is 26.5. The smallest absolute Gasteiger partial charge is 0.340 e. The van der Waals surface area contributed by atoms with Crippen LogP contribution in [0.4, 0.5) is 11.6 Å². The van der Waals surface area contributed by atoms with Crippen LogP contribution in [0.3, 0.4) is 0 Å². The van der Waals surface area contributed by atoms with E-state index in [1.807, 2.05) is 33.8 Å². The highest BCUT2D eigenvalue weighted by atomic mass is 32.2. The van der Waals surface area contributed by atoms with Gasteiger partial charge in [0, 0.05) is 39.2 Å². The number of hydrogen-bond acceptors (Lipinski definition) is 10. The number of pyridine rings is 3. The van der Waals surface area contributed by atoms with Gasteiger partial charge in [0.2, 0.25) is 5.88 Å². The predicted molar refractivity (Wildman–Crippen MR) is 156 cm³/mol. The molecule has 10 nitrogen and oxygen atoms in total. The molecule has 4 N–H and O–H groups in total. The molecule has 3 aromatic heterocycles. The number of rotatable bonds is 9. The van der Waals surface area contributed by atoms with Crippen molar-refractivity contribution in [3.63, 3.8) is 0 Å². The van der Waals surface area contributed by atoms with Gasteiger partial charge in [-0.25, -0.2) is 24.0 Å². The number of carbonyl (C=O) groups excluding carboxylic acids is 1. The molecule has 5 atom stereocenters. The molecule has 1 aliphatic carbocycles. The molecule has 1 aliphatic heterocycles. The summed E-state index contributed by atoms with van der Waals surface area (Å²) in [5.41, 5.74) is 8.01. The average molecular weight is 567 g/mol. The quantitative estimate of drug-likeness (QED) is 0.298. The number of cyclic esters (lactones) is 1. The second kappa shape index (κ2) is 9.95. The van der Waals surface area contributed by atoms with Crippen molar-refractivity contribution < 1.29 is 18.5 Å². The van der Waals surface area contributed by atoms with Gasteiger partial charge in [0.1, 0.15) is 17.7 Å². The number of nitrogens with two attached hydrogens (primary N) is 1. The molecule has 3 aromatic rings. The molecule has 1 spiro atoms. The molecule has 11 heteroatoms. The van der Waals surface area contributed by atoms with Crippen molar-refractivity contribution in [2.75, 3.05) is 11.6 Å². The Bertz CT molecular complexity index is 1580. The first-order valence-corrected chi connectivity index (χ1v) is 15.7. The van der Waals surface area contributed by atoms with E-state index >= 15 is 0 Å². The Balaban J connectivity index is 1.50. The lowest BCUT2D eigenvalue weighted by molar-refractivity contribution is 0.0183. The van der Waals surface area contributed by atoms with Gasteiger partial charge in [0.25, 0.3) is 0 Å². The Morgan fingerprint density at radius 1 is 1.25 bits per heavy atom. The molecule has 0 aromatic carbocycles. The summed E-state index contributed by atoms with van der Waals surface area (Å²) in [7, 11) is -2.68. The van der Waals surface area contributed by atoms with Gasteiger partial charge in [-0.05, 0) is 82.5 Å². The molecule has 0 radical (unpaired) electrons. The van der Waals surface area contributed by atoms with E-state index in [1.165, 1.54) is 6.26 Å². The van der Waals surface area contributed by atoms with Crippen molar-refractivity contribution in [3.05, 3.63) is 47.4 Å². The maximum Gasteiger partial charge on any atom is 0.340 e. The molecule has 40 heavy (non-hydrogen) atoms. The van der Waals surface area contributed by atoms with E-state index in [0.29, 0.717) is 41.3 Å². The van der Waals surface area contributed by atoms with E-state index in [9.17, 15) is 9.00 Å². The van der Waals surface area contributed by atoms with E-state index in [4.69, 9.17) is 25.0 Å². The lowest BCUT2D eigenvalue weighted by Gasteiger charge is -2.30. The predicted octanol–water partition coefficient (Wildman–Crippen LogP) is 5.17. The Kier molecular flexibility index (Phi) is 7.02. The first kappa shape index (κ1) is 28.2. The minimum Gasteiger partial charge on any atom is -0.474 e. The van der Waals surface area contributed by atoms with E-state index in [1.54, 1.807) is 31.5 Å². The second-order valence-electron chi connectivity index (χ2n) is 11.7. The van der Waals surface area contributed by atoms with Crippen molar-refractivity contribution in [1.29, 1.82) is 4.78 Å². The number of fused-ring (bicyclic) bond motifs is 3. The molecular weight excluding hydrogens is 528 g/mol. The van der Waals surface area contributed by atoms with Crippen LogP contribution in [0.2, 0.25) is 0 Å². The van der Waals surface area contributed by atoms with E-state index in [2.05, 4.69) is 15.3 Å². The minimum atomic E-state index is -2.68. The number of nitrogens with zero attached hydrogens (tertiary/aromatic N) is 3. The Labute approximate surface area is 235 Å². The zero-order chi connectivity index (χ0) is 29.0. The van der Waals surface area contributed by atoms with Crippen molar-refractivity contribution in [1.82, 2.24) is 15.0 Å². The second-order valence-corrected chi connectivity index (χ2v) is 14.3. The highest BCUT2D eigenvalue weighted by Gasteiger charge is 2.56. The molecule has 214 valence electrons. The van der Waals surface area contributed by atoms with Crippen LogP contribution in [0, 0.1) is 4.78 Å². The SMILES string of the molecule is CC[C@@](C)(N)c1cnc(O[C@H](C)C[C@@H](C)[S@](C)(=N)=O)c2cnc(Nc3ccc4c(n3)C3(CC3)[C@H](C)OC4=O)cc12. The zero-order valence-electron chi connectivity index (χ0n) is 23.9. The van der Waals surface area contributed by atoms with Crippen LogP contribution in [0.15, 0.2) is 30.6 Å². The molecule has 5 rings (SSSR count). The third-order valence-corrected chi connectivity index (χ3v) is 10.3. The fourth-order valence-electron chi connectivity index (χ4n) is 5.32. The third kappa shape index (κ3) is 5.12. The number of nitrogens with one attached hydrogen (secondary N) is 2. The van der Waals surface area contributed by atoms with Gasteiger partial charge < -0.3 is 20.5 Å². The van der Waals surface area contributed by atoms with E-state index in [-0.39, 0.29) is 28.8 Å². The van der Waals surface area contributed by atoms with Crippen LogP contribution < -0.4 is 15.8 Å². The largest absolute Gasteiger partial charge is 0.474 e. The number of carbonyl (C=O) groups is 1. The highest BCUT2D eigenvalue weighted by molar-refractivity contribution is 7.92. The standard InChI is InChI=1S/C29H38N6O4S/c1-7-28(5,30)22-15-33-26(38-16(2)12-17(3)40(6,31)37)21-14-32-24(13-20(21)22)34-23-9-8-19-25(35-23)29(10-11-29)18(4)39-27(19)36/h8-9,13-18,31H,7,10-12,30H2,1-6H3,(H,32,34,35)/t16-,17-,18+,28-,40-/m1/s1. The zero-order valence-corrected chi connectivity index (χ0v) is 24.7. The monoisotopic (exact) mass is 566 g/mol. The minimum absolute atomic E-state index is 0.200. The normalized spacial score (nSPS) is 22.0. The maximum absolute atomic E-state index is 12.5. The van der Waals surface area contributed by atoms with Gasteiger partial charge in [-0.1, -0.05) is 6.92 Å². The molecule has 1 saturated carbocycles. The van der Waals surface area contributed by atoms with Crippen LogP contribution in [0.1, 0.15) is 81.9 Å². The summed E-state index contributed by atoms with van der Waals surface area (Å²) >= 11 is 0. The molecule has 0 amide bonds. The Morgan fingerprint density at radius 2 is 1.98 bits per heavy atom.